The third kappa shape index (κ3) is 3.30. The van der Waals surface area contributed by atoms with E-state index in [1.54, 1.807) is 0 Å². The second-order valence-electron chi connectivity index (χ2n) is 4.33. The largest absolute Gasteiger partial charge is 0.372 e. The van der Waals surface area contributed by atoms with E-state index in [1.165, 1.54) is 6.42 Å². The van der Waals surface area contributed by atoms with Crippen LogP contribution in [0.5, 0.6) is 0 Å². The molecule has 0 saturated carbocycles. The summed E-state index contributed by atoms with van der Waals surface area (Å²) in [4.78, 5) is 11.3. The van der Waals surface area contributed by atoms with Gasteiger partial charge >= 0.3 is 0 Å². The van der Waals surface area contributed by atoms with Gasteiger partial charge in [-0.1, -0.05) is 6.92 Å². The first-order valence-electron chi connectivity index (χ1n) is 6.28. The number of nitrogens with zero attached hydrogens (tertiary/aromatic N) is 3. The second-order valence-corrected chi connectivity index (χ2v) is 5.50. The molecule has 1 aromatic rings. The highest BCUT2D eigenvalue weighted by Crippen LogP contribution is 2.22. The van der Waals surface area contributed by atoms with E-state index in [2.05, 4.69) is 49.7 Å². The molecule has 18 heavy (non-hydrogen) atoms. The lowest BCUT2D eigenvalue weighted by Crippen LogP contribution is -2.39. The van der Waals surface area contributed by atoms with Crippen molar-refractivity contribution in [1.82, 2.24) is 14.9 Å². The standard InChI is InChI=1S/C12H19IN4O/c1-3-4-17-5-6-18-10(8-17)12-15-7-9(13)11(14-2)16-12/h7,10H,3-6,8H2,1-2H3,(H,14,15,16). The Morgan fingerprint density at radius 2 is 2.44 bits per heavy atom. The summed E-state index contributed by atoms with van der Waals surface area (Å²) >= 11 is 2.23. The van der Waals surface area contributed by atoms with Crippen LogP contribution < -0.4 is 5.32 Å². The molecular formula is C12H19IN4O. The van der Waals surface area contributed by atoms with Crippen molar-refractivity contribution in [2.45, 2.75) is 19.4 Å². The molecule has 1 unspecified atom stereocenters. The first-order chi connectivity index (χ1) is 8.74. The average molecular weight is 362 g/mol. The predicted molar refractivity (Wildman–Crippen MR) is 79.7 cm³/mol. The van der Waals surface area contributed by atoms with Crippen molar-refractivity contribution in [3.8, 4) is 0 Å². The van der Waals surface area contributed by atoms with Crippen LogP contribution in [-0.2, 0) is 4.74 Å². The summed E-state index contributed by atoms with van der Waals surface area (Å²) < 4.78 is 6.81. The van der Waals surface area contributed by atoms with Crippen molar-refractivity contribution in [3.05, 3.63) is 15.6 Å². The van der Waals surface area contributed by atoms with Crippen LogP contribution in [0.1, 0.15) is 25.3 Å². The van der Waals surface area contributed by atoms with Gasteiger partial charge in [0.15, 0.2) is 5.82 Å². The molecule has 1 aliphatic heterocycles. The molecule has 1 aliphatic rings. The second kappa shape index (κ2) is 6.63. The maximum absolute atomic E-state index is 5.78. The van der Waals surface area contributed by atoms with Gasteiger partial charge in [0.05, 0.1) is 10.2 Å². The van der Waals surface area contributed by atoms with Crippen molar-refractivity contribution in [2.24, 2.45) is 0 Å². The zero-order valence-electron chi connectivity index (χ0n) is 10.8. The van der Waals surface area contributed by atoms with Crippen molar-refractivity contribution in [3.63, 3.8) is 0 Å². The lowest BCUT2D eigenvalue weighted by atomic mass is 10.2. The molecule has 100 valence electrons. The van der Waals surface area contributed by atoms with Gasteiger partial charge in [0.2, 0.25) is 0 Å². The molecule has 0 amide bonds. The lowest BCUT2D eigenvalue weighted by Gasteiger charge is -2.31. The molecule has 1 atom stereocenters. The fourth-order valence-corrected chi connectivity index (χ4v) is 2.62. The number of morpholine rings is 1. The van der Waals surface area contributed by atoms with Crippen LogP contribution in [0.15, 0.2) is 6.20 Å². The highest BCUT2D eigenvalue weighted by Gasteiger charge is 2.24. The van der Waals surface area contributed by atoms with Gasteiger partial charge in [0.25, 0.3) is 0 Å². The molecular weight excluding hydrogens is 343 g/mol. The Hall–Kier alpha value is -0.470. The molecule has 2 rings (SSSR count). The summed E-state index contributed by atoms with van der Waals surface area (Å²) in [6.07, 6.45) is 3.01. The van der Waals surface area contributed by atoms with Gasteiger partial charge in [0, 0.05) is 26.3 Å². The van der Waals surface area contributed by atoms with Crippen molar-refractivity contribution in [1.29, 1.82) is 0 Å². The Morgan fingerprint density at radius 3 is 3.17 bits per heavy atom. The van der Waals surface area contributed by atoms with Crippen LogP contribution in [0.4, 0.5) is 5.82 Å². The molecule has 1 saturated heterocycles. The fraction of sp³-hybridized carbons (Fsp3) is 0.667. The zero-order valence-corrected chi connectivity index (χ0v) is 13.0. The summed E-state index contributed by atoms with van der Waals surface area (Å²) in [6.45, 7) is 5.97. The van der Waals surface area contributed by atoms with Crippen LogP contribution in [-0.4, -0.2) is 48.2 Å². The molecule has 5 nitrogen and oxygen atoms in total. The normalized spacial score (nSPS) is 20.9. The Labute approximate surface area is 121 Å². The zero-order chi connectivity index (χ0) is 13.0. The van der Waals surface area contributed by atoms with E-state index in [0.717, 1.165) is 41.5 Å². The Morgan fingerprint density at radius 1 is 1.61 bits per heavy atom. The quantitative estimate of drug-likeness (QED) is 0.830. The van der Waals surface area contributed by atoms with E-state index in [4.69, 9.17) is 4.74 Å². The smallest absolute Gasteiger partial charge is 0.160 e. The van der Waals surface area contributed by atoms with Crippen molar-refractivity contribution in [2.75, 3.05) is 38.6 Å². The Balaban J connectivity index is 2.10. The molecule has 1 fully saturated rings. The molecule has 0 bridgehead atoms. The van der Waals surface area contributed by atoms with E-state index >= 15 is 0 Å². The molecule has 2 heterocycles. The lowest BCUT2D eigenvalue weighted by molar-refractivity contribution is -0.0341. The summed E-state index contributed by atoms with van der Waals surface area (Å²) in [5.74, 6) is 1.65. The first-order valence-corrected chi connectivity index (χ1v) is 7.36. The maximum atomic E-state index is 5.78. The van der Waals surface area contributed by atoms with Crippen molar-refractivity contribution >= 4 is 28.4 Å². The van der Waals surface area contributed by atoms with Gasteiger partial charge in [-0.3, -0.25) is 4.90 Å². The Bertz CT molecular complexity index is 400. The van der Waals surface area contributed by atoms with E-state index in [1.807, 2.05) is 13.2 Å². The molecule has 0 aromatic carbocycles. The number of nitrogens with one attached hydrogen (secondary N) is 1. The minimum absolute atomic E-state index is 0.00519. The number of ether oxygens (including phenoxy) is 1. The monoisotopic (exact) mass is 362 g/mol. The first kappa shape index (κ1) is 14.0. The summed E-state index contributed by atoms with van der Waals surface area (Å²) in [5.41, 5.74) is 0. The van der Waals surface area contributed by atoms with Crippen LogP contribution in [0, 0.1) is 3.57 Å². The van der Waals surface area contributed by atoms with Gasteiger partial charge in [-0.15, -0.1) is 0 Å². The summed E-state index contributed by atoms with van der Waals surface area (Å²) in [5, 5.41) is 3.08. The molecule has 0 spiro atoms. The number of halogens is 1. The van der Waals surface area contributed by atoms with E-state index in [0.29, 0.717) is 0 Å². The van der Waals surface area contributed by atoms with Gasteiger partial charge in [-0.2, -0.15) is 0 Å². The highest BCUT2D eigenvalue weighted by atomic mass is 127. The number of anilines is 1. The minimum Gasteiger partial charge on any atom is -0.372 e. The van der Waals surface area contributed by atoms with Gasteiger partial charge in [-0.25, -0.2) is 9.97 Å². The summed E-state index contributed by atoms with van der Waals surface area (Å²) in [7, 11) is 1.87. The molecule has 1 aromatic heterocycles. The topological polar surface area (TPSA) is 50.3 Å². The van der Waals surface area contributed by atoms with Crippen LogP contribution in [0.25, 0.3) is 0 Å². The minimum atomic E-state index is -0.00519. The molecule has 0 radical (unpaired) electrons. The number of rotatable bonds is 4. The summed E-state index contributed by atoms with van der Waals surface area (Å²) in [6, 6.07) is 0. The van der Waals surface area contributed by atoms with Crippen LogP contribution in [0.2, 0.25) is 0 Å². The SMILES string of the molecule is CCCN1CCOC(c2ncc(I)c(NC)n2)C1. The van der Waals surface area contributed by atoms with Gasteiger partial charge in [-0.05, 0) is 35.6 Å². The maximum Gasteiger partial charge on any atom is 0.160 e. The number of hydrogen-bond acceptors (Lipinski definition) is 5. The average Bonchev–Trinajstić information content (AvgIpc) is 2.40. The van der Waals surface area contributed by atoms with Gasteiger partial charge in [0.1, 0.15) is 11.9 Å². The number of hydrogen-bond donors (Lipinski definition) is 1. The van der Waals surface area contributed by atoms with E-state index in [-0.39, 0.29) is 6.10 Å². The molecule has 1 N–H and O–H groups in total. The Kier molecular flexibility index (Phi) is 5.13. The predicted octanol–water partition coefficient (Wildman–Crippen LogP) is 1.91. The molecule has 0 aliphatic carbocycles. The highest BCUT2D eigenvalue weighted by molar-refractivity contribution is 14.1. The molecule has 6 heteroatoms. The third-order valence-electron chi connectivity index (χ3n) is 2.98. The third-order valence-corrected chi connectivity index (χ3v) is 3.77. The van der Waals surface area contributed by atoms with E-state index < -0.39 is 0 Å². The van der Waals surface area contributed by atoms with Crippen molar-refractivity contribution < 1.29 is 4.74 Å². The number of aromatic nitrogens is 2. The fourth-order valence-electron chi connectivity index (χ4n) is 2.09. The van der Waals surface area contributed by atoms with Crippen LogP contribution in [0.3, 0.4) is 0 Å². The van der Waals surface area contributed by atoms with Gasteiger partial charge < -0.3 is 10.1 Å². The van der Waals surface area contributed by atoms with E-state index in [9.17, 15) is 0 Å². The van der Waals surface area contributed by atoms with Crippen LogP contribution >= 0.6 is 22.6 Å².